The highest BCUT2D eigenvalue weighted by atomic mass is 32.1. The quantitative estimate of drug-likeness (QED) is 0.318. The molecule has 4 rings (SSSR count). The Labute approximate surface area is 222 Å². The van der Waals surface area contributed by atoms with Crippen molar-refractivity contribution in [3.63, 3.8) is 0 Å². The SMILES string of the molecule is COC(=O)c1ccc(NC(=O)CC2C(=O)N(Cc3ccccc3)C(=S)N2CCCc2ccccc2)cc1. The lowest BCUT2D eigenvalue weighted by Crippen LogP contribution is -2.38. The van der Waals surface area contributed by atoms with Crippen LogP contribution in [0.5, 0.6) is 0 Å². The van der Waals surface area contributed by atoms with E-state index in [-0.39, 0.29) is 18.2 Å². The van der Waals surface area contributed by atoms with Gasteiger partial charge in [0.05, 0.1) is 25.6 Å². The van der Waals surface area contributed by atoms with Crippen molar-refractivity contribution in [3.05, 3.63) is 102 Å². The largest absolute Gasteiger partial charge is 0.465 e. The van der Waals surface area contributed by atoms with E-state index in [4.69, 9.17) is 17.0 Å². The molecule has 3 aromatic carbocycles. The summed E-state index contributed by atoms with van der Waals surface area (Å²) in [6.45, 7) is 0.928. The number of thiocarbonyl (C=S) groups is 1. The van der Waals surface area contributed by atoms with E-state index in [1.807, 2.05) is 53.4 Å². The molecule has 0 aromatic heterocycles. The van der Waals surface area contributed by atoms with Crippen molar-refractivity contribution >= 4 is 40.8 Å². The Hall–Kier alpha value is -4.04. The minimum Gasteiger partial charge on any atom is -0.465 e. The van der Waals surface area contributed by atoms with Gasteiger partial charge in [0.1, 0.15) is 6.04 Å². The molecule has 1 fully saturated rings. The molecule has 1 aliphatic rings. The fourth-order valence-electron chi connectivity index (χ4n) is 4.35. The number of hydrogen-bond acceptors (Lipinski definition) is 5. The van der Waals surface area contributed by atoms with Crippen LogP contribution in [0.3, 0.4) is 0 Å². The Kier molecular flexibility index (Phi) is 8.64. The number of anilines is 1. The van der Waals surface area contributed by atoms with Crippen LogP contribution in [0.2, 0.25) is 0 Å². The van der Waals surface area contributed by atoms with E-state index in [1.165, 1.54) is 12.7 Å². The zero-order valence-corrected chi connectivity index (χ0v) is 21.4. The van der Waals surface area contributed by atoms with Crippen molar-refractivity contribution in [2.45, 2.75) is 31.8 Å². The van der Waals surface area contributed by atoms with Crippen LogP contribution in [0, 0.1) is 0 Å². The fraction of sp³-hybridized carbons (Fsp3) is 0.241. The third kappa shape index (κ3) is 6.59. The second-order valence-electron chi connectivity index (χ2n) is 8.81. The average Bonchev–Trinajstić information content (AvgIpc) is 3.13. The molecule has 8 heteroatoms. The van der Waals surface area contributed by atoms with Gasteiger partial charge in [-0.15, -0.1) is 0 Å². The van der Waals surface area contributed by atoms with Crippen molar-refractivity contribution in [1.29, 1.82) is 0 Å². The topological polar surface area (TPSA) is 78.9 Å². The summed E-state index contributed by atoms with van der Waals surface area (Å²) >= 11 is 5.73. The van der Waals surface area contributed by atoms with E-state index < -0.39 is 12.0 Å². The van der Waals surface area contributed by atoms with E-state index in [9.17, 15) is 14.4 Å². The Bertz CT molecular complexity index is 1250. The molecule has 0 saturated carbocycles. The van der Waals surface area contributed by atoms with Gasteiger partial charge >= 0.3 is 5.97 Å². The molecule has 190 valence electrons. The first-order valence-electron chi connectivity index (χ1n) is 12.1. The van der Waals surface area contributed by atoms with Gasteiger partial charge in [-0.1, -0.05) is 60.7 Å². The van der Waals surface area contributed by atoms with Crippen molar-refractivity contribution in [1.82, 2.24) is 9.80 Å². The van der Waals surface area contributed by atoms with Gasteiger partial charge in [0.25, 0.3) is 5.91 Å². The molecule has 1 N–H and O–H groups in total. The maximum absolute atomic E-state index is 13.5. The molecule has 3 aromatic rings. The van der Waals surface area contributed by atoms with Crippen LogP contribution in [-0.4, -0.2) is 52.4 Å². The van der Waals surface area contributed by atoms with Crippen LogP contribution >= 0.6 is 12.2 Å². The van der Waals surface area contributed by atoms with E-state index in [0.29, 0.717) is 29.5 Å². The van der Waals surface area contributed by atoms with Gasteiger partial charge in [0.2, 0.25) is 5.91 Å². The Morgan fingerprint density at radius 1 is 0.919 bits per heavy atom. The van der Waals surface area contributed by atoms with Crippen LogP contribution in [0.15, 0.2) is 84.9 Å². The zero-order chi connectivity index (χ0) is 26.2. The molecular weight excluding hydrogens is 486 g/mol. The van der Waals surface area contributed by atoms with Crippen LogP contribution in [0.25, 0.3) is 0 Å². The minimum atomic E-state index is -0.679. The van der Waals surface area contributed by atoms with Gasteiger partial charge in [-0.05, 0) is 60.5 Å². The van der Waals surface area contributed by atoms with Gasteiger partial charge < -0.3 is 15.0 Å². The van der Waals surface area contributed by atoms with Crippen molar-refractivity contribution in [2.24, 2.45) is 0 Å². The molecule has 1 unspecified atom stereocenters. The number of hydrogen-bond donors (Lipinski definition) is 1. The monoisotopic (exact) mass is 515 g/mol. The summed E-state index contributed by atoms with van der Waals surface area (Å²) in [4.78, 5) is 41.5. The number of methoxy groups -OCH3 is 1. The summed E-state index contributed by atoms with van der Waals surface area (Å²) in [5.41, 5.74) is 3.10. The standard InChI is InChI=1S/C29H29N3O4S/c1-36-28(35)23-14-16-24(17-15-23)30-26(33)19-25-27(34)32(20-22-11-6-3-7-12-22)29(37)31(25)18-8-13-21-9-4-2-5-10-21/h2-7,9-12,14-17,25H,8,13,18-20H2,1H3,(H,30,33). The number of amides is 2. The zero-order valence-electron chi connectivity index (χ0n) is 20.6. The number of rotatable bonds is 10. The van der Waals surface area contributed by atoms with Crippen molar-refractivity contribution < 1.29 is 19.1 Å². The van der Waals surface area contributed by atoms with Gasteiger partial charge in [0.15, 0.2) is 5.11 Å². The van der Waals surface area contributed by atoms with E-state index >= 15 is 0 Å². The Morgan fingerprint density at radius 2 is 1.54 bits per heavy atom. The first-order chi connectivity index (χ1) is 18.0. The minimum absolute atomic E-state index is 0.0334. The molecule has 1 aliphatic heterocycles. The fourth-order valence-corrected chi connectivity index (χ4v) is 4.72. The summed E-state index contributed by atoms with van der Waals surface area (Å²) in [5, 5.41) is 3.27. The van der Waals surface area contributed by atoms with E-state index in [1.54, 1.807) is 29.2 Å². The van der Waals surface area contributed by atoms with Crippen LogP contribution in [0.1, 0.15) is 34.3 Å². The van der Waals surface area contributed by atoms with Crippen LogP contribution in [-0.2, 0) is 27.3 Å². The first-order valence-corrected chi connectivity index (χ1v) is 12.5. The molecule has 1 heterocycles. The van der Waals surface area contributed by atoms with Gasteiger partial charge in [-0.25, -0.2) is 4.79 Å². The third-order valence-corrected chi connectivity index (χ3v) is 6.72. The second kappa shape index (κ2) is 12.3. The lowest BCUT2D eigenvalue weighted by Gasteiger charge is -2.24. The summed E-state index contributed by atoms with van der Waals surface area (Å²) in [7, 11) is 1.31. The molecule has 7 nitrogen and oxygen atoms in total. The molecule has 37 heavy (non-hydrogen) atoms. The number of ether oxygens (including phenoxy) is 1. The predicted octanol–water partition coefficient (Wildman–Crippen LogP) is 4.43. The number of carbonyl (C=O) groups excluding carboxylic acids is 3. The molecule has 1 saturated heterocycles. The van der Waals surface area contributed by atoms with Crippen LogP contribution < -0.4 is 5.32 Å². The maximum Gasteiger partial charge on any atom is 0.337 e. The summed E-state index contributed by atoms with van der Waals surface area (Å²) in [6.07, 6.45) is 1.61. The molecule has 0 bridgehead atoms. The number of nitrogens with one attached hydrogen (secondary N) is 1. The van der Waals surface area contributed by atoms with Gasteiger partial charge in [0, 0.05) is 12.2 Å². The summed E-state index contributed by atoms with van der Waals surface area (Å²) in [5.74, 6) is -0.932. The number of aryl methyl sites for hydroxylation is 1. The highest BCUT2D eigenvalue weighted by Crippen LogP contribution is 2.24. The molecule has 0 aliphatic carbocycles. The normalized spacial score (nSPS) is 15.1. The molecule has 2 amide bonds. The maximum atomic E-state index is 13.5. The number of esters is 1. The highest BCUT2D eigenvalue weighted by Gasteiger charge is 2.42. The average molecular weight is 516 g/mol. The van der Waals surface area contributed by atoms with Crippen molar-refractivity contribution in [2.75, 3.05) is 19.0 Å². The lowest BCUT2D eigenvalue weighted by molar-refractivity contribution is -0.131. The number of benzene rings is 3. The third-order valence-electron chi connectivity index (χ3n) is 6.26. The molecular formula is C29H29N3O4S. The molecule has 0 spiro atoms. The predicted molar refractivity (Wildman–Crippen MR) is 146 cm³/mol. The van der Waals surface area contributed by atoms with E-state index in [0.717, 1.165) is 18.4 Å². The Morgan fingerprint density at radius 3 is 2.16 bits per heavy atom. The smallest absolute Gasteiger partial charge is 0.337 e. The van der Waals surface area contributed by atoms with Gasteiger partial charge in [-0.2, -0.15) is 0 Å². The number of carbonyl (C=O) groups is 3. The van der Waals surface area contributed by atoms with Gasteiger partial charge in [-0.3, -0.25) is 14.5 Å². The molecule has 1 atom stereocenters. The lowest BCUT2D eigenvalue weighted by atomic mass is 10.1. The summed E-state index contributed by atoms with van der Waals surface area (Å²) in [6, 6.07) is 25.6. The van der Waals surface area contributed by atoms with E-state index in [2.05, 4.69) is 17.4 Å². The number of nitrogens with zero attached hydrogens (tertiary/aromatic N) is 2. The Balaban J connectivity index is 1.45. The van der Waals surface area contributed by atoms with Crippen molar-refractivity contribution in [3.8, 4) is 0 Å². The molecule has 0 radical (unpaired) electrons. The second-order valence-corrected chi connectivity index (χ2v) is 9.18. The highest BCUT2D eigenvalue weighted by molar-refractivity contribution is 7.80. The first kappa shape index (κ1) is 26.0. The summed E-state index contributed by atoms with van der Waals surface area (Å²) < 4.78 is 4.71. The van der Waals surface area contributed by atoms with Crippen LogP contribution in [0.4, 0.5) is 5.69 Å².